The second-order valence-corrected chi connectivity index (χ2v) is 8.66. The van der Waals surface area contributed by atoms with E-state index in [0.29, 0.717) is 24.5 Å². The van der Waals surface area contributed by atoms with Crippen molar-refractivity contribution < 1.29 is 9.84 Å². The van der Waals surface area contributed by atoms with Gasteiger partial charge in [0.25, 0.3) is 0 Å². The van der Waals surface area contributed by atoms with Gasteiger partial charge in [-0.2, -0.15) is 23.5 Å². The van der Waals surface area contributed by atoms with Gasteiger partial charge >= 0.3 is 0 Å². The van der Waals surface area contributed by atoms with Gasteiger partial charge in [0, 0.05) is 35.6 Å². The Hall–Kier alpha value is 0.580. The van der Waals surface area contributed by atoms with Crippen molar-refractivity contribution in [3.63, 3.8) is 0 Å². The van der Waals surface area contributed by atoms with Crippen molar-refractivity contribution in [3.05, 3.63) is 0 Å². The molecule has 5 heteroatoms. The van der Waals surface area contributed by atoms with Crippen LogP contribution in [0.25, 0.3) is 0 Å². The topological polar surface area (TPSA) is 41.5 Å². The van der Waals surface area contributed by atoms with Crippen LogP contribution < -0.4 is 5.32 Å². The fourth-order valence-electron chi connectivity index (χ4n) is 2.90. The van der Waals surface area contributed by atoms with Gasteiger partial charge in [0.1, 0.15) is 0 Å². The van der Waals surface area contributed by atoms with Gasteiger partial charge in [-0.1, -0.05) is 19.8 Å². The van der Waals surface area contributed by atoms with Crippen LogP contribution in [0.15, 0.2) is 0 Å². The summed E-state index contributed by atoms with van der Waals surface area (Å²) in [5, 5.41) is 14.1. The molecule has 1 aliphatic carbocycles. The number of aliphatic hydroxyl groups excluding tert-OH is 1. The molecule has 118 valence electrons. The maximum Gasteiger partial charge on any atom is 0.0897 e. The van der Waals surface area contributed by atoms with E-state index in [1.807, 2.05) is 11.8 Å². The van der Waals surface area contributed by atoms with Crippen molar-refractivity contribution in [1.29, 1.82) is 0 Å². The van der Waals surface area contributed by atoms with Crippen molar-refractivity contribution in [2.75, 3.05) is 37.0 Å². The zero-order chi connectivity index (χ0) is 14.2. The lowest BCUT2D eigenvalue weighted by Gasteiger charge is -2.28. The molecule has 1 saturated carbocycles. The first-order valence-electron chi connectivity index (χ1n) is 7.93. The molecule has 0 spiro atoms. The monoisotopic (exact) mass is 319 g/mol. The lowest BCUT2D eigenvalue weighted by Crippen LogP contribution is -2.37. The highest BCUT2D eigenvalue weighted by atomic mass is 32.2. The molecule has 4 unspecified atom stereocenters. The number of nitrogens with one attached hydrogen (secondary N) is 1. The standard InChI is InChI=1S/C15H29NO2S2/c1-12-3-2-4-14(7-12)18-10-13(17)8-16-9-15-11-19-5-6-20-15/h12-17H,2-11H2,1H3. The third-order valence-corrected chi connectivity index (χ3v) is 6.89. The average molecular weight is 320 g/mol. The Bertz CT molecular complexity index is 262. The van der Waals surface area contributed by atoms with E-state index < -0.39 is 0 Å². The Morgan fingerprint density at radius 3 is 3.00 bits per heavy atom. The molecule has 20 heavy (non-hydrogen) atoms. The summed E-state index contributed by atoms with van der Waals surface area (Å²) in [6.07, 6.45) is 4.95. The predicted octanol–water partition coefficient (Wildman–Crippen LogP) is 2.38. The molecular formula is C15H29NO2S2. The van der Waals surface area contributed by atoms with Crippen LogP contribution in [0.3, 0.4) is 0 Å². The second-order valence-electron chi connectivity index (χ2n) is 6.11. The van der Waals surface area contributed by atoms with Crippen LogP contribution in [-0.4, -0.2) is 59.5 Å². The van der Waals surface area contributed by atoms with Gasteiger partial charge in [0.15, 0.2) is 0 Å². The number of hydrogen-bond acceptors (Lipinski definition) is 5. The highest BCUT2D eigenvalue weighted by molar-refractivity contribution is 8.06. The minimum absolute atomic E-state index is 0.367. The molecule has 1 aliphatic heterocycles. The van der Waals surface area contributed by atoms with E-state index in [1.54, 1.807) is 0 Å². The fourth-order valence-corrected chi connectivity index (χ4v) is 5.55. The van der Waals surface area contributed by atoms with Gasteiger partial charge in [0.2, 0.25) is 0 Å². The van der Waals surface area contributed by atoms with Crippen molar-refractivity contribution in [1.82, 2.24) is 5.32 Å². The number of rotatable bonds is 7. The molecule has 0 amide bonds. The molecule has 3 nitrogen and oxygen atoms in total. The average Bonchev–Trinajstić information content (AvgIpc) is 2.46. The molecule has 1 heterocycles. The molecule has 2 rings (SSSR count). The zero-order valence-corrected chi connectivity index (χ0v) is 14.2. The van der Waals surface area contributed by atoms with Crippen molar-refractivity contribution in [2.45, 2.75) is 50.1 Å². The van der Waals surface area contributed by atoms with E-state index in [2.05, 4.69) is 24.0 Å². The molecule has 2 fully saturated rings. The Balaban J connectivity index is 1.50. The molecule has 0 bridgehead atoms. The highest BCUT2D eigenvalue weighted by Gasteiger charge is 2.20. The lowest BCUT2D eigenvalue weighted by atomic mass is 9.89. The maximum absolute atomic E-state index is 9.98. The van der Waals surface area contributed by atoms with E-state index in [0.717, 1.165) is 18.9 Å². The summed E-state index contributed by atoms with van der Waals surface area (Å²) in [6.45, 7) is 4.45. The molecule has 1 saturated heterocycles. The minimum atomic E-state index is -0.367. The van der Waals surface area contributed by atoms with Gasteiger partial charge in [-0.05, 0) is 18.8 Å². The van der Waals surface area contributed by atoms with Crippen LogP contribution in [0.4, 0.5) is 0 Å². The summed E-state index contributed by atoms with van der Waals surface area (Å²) in [4.78, 5) is 0. The van der Waals surface area contributed by atoms with Crippen molar-refractivity contribution in [2.24, 2.45) is 5.92 Å². The van der Waals surface area contributed by atoms with Gasteiger partial charge in [-0.15, -0.1) is 0 Å². The van der Waals surface area contributed by atoms with E-state index in [1.165, 1.54) is 36.5 Å². The normalized spacial score (nSPS) is 33.0. The lowest BCUT2D eigenvalue weighted by molar-refractivity contribution is -0.0305. The summed E-state index contributed by atoms with van der Waals surface area (Å²) < 4.78 is 5.86. The highest BCUT2D eigenvalue weighted by Crippen LogP contribution is 2.25. The van der Waals surface area contributed by atoms with E-state index in [4.69, 9.17) is 4.74 Å². The molecule has 0 aromatic carbocycles. The Morgan fingerprint density at radius 2 is 2.25 bits per heavy atom. The summed E-state index contributed by atoms with van der Waals surface area (Å²) in [5.41, 5.74) is 0. The summed E-state index contributed by atoms with van der Waals surface area (Å²) in [6, 6.07) is 0. The van der Waals surface area contributed by atoms with Crippen LogP contribution in [0.1, 0.15) is 32.6 Å². The second kappa shape index (κ2) is 9.57. The number of aliphatic hydroxyl groups is 1. The first kappa shape index (κ1) is 16.9. The van der Waals surface area contributed by atoms with Crippen LogP contribution >= 0.6 is 23.5 Å². The number of ether oxygens (including phenoxy) is 1. The molecule has 2 aliphatic rings. The molecule has 4 atom stereocenters. The molecular weight excluding hydrogens is 290 g/mol. The SMILES string of the molecule is CC1CCCC(OCC(O)CNCC2CSCCS2)C1. The van der Waals surface area contributed by atoms with Crippen molar-refractivity contribution >= 4 is 23.5 Å². The summed E-state index contributed by atoms with van der Waals surface area (Å²) >= 11 is 4.10. The predicted molar refractivity (Wildman–Crippen MR) is 89.8 cm³/mol. The van der Waals surface area contributed by atoms with Gasteiger partial charge in [0.05, 0.1) is 18.8 Å². The molecule has 0 radical (unpaired) electrons. The van der Waals surface area contributed by atoms with E-state index >= 15 is 0 Å². The largest absolute Gasteiger partial charge is 0.389 e. The van der Waals surface area contributed by atoms with Gasteiger partial charge in [-0.25, -0.2) is 0 Å². The van der Waals surface area contributed by atoms with Crippen LogP contribution in [0, 0.1) is 5.92 Å². The number of hydrogen-bond donors (Lipinski definition) is 2. The summed E-state index contributed by atoms with van der Waals surface area (Å²) in [7, 11) is 0. The summed E-state index contributed by atoms with van der Waals surface area (Å²) in [5.74, 6) is 4.58. The maximum atomic E-state index is 9.98. The van der Waals surface area contributed by atoms with Crippen LogP contribution in [-0.2, 0) is 4.74 Å². The number of thioether (sulfide) groups is 2. The Labute approximate surface area is 132 Å². The zero-order valence-electron chi connectivity index (χ0n) is 12.6. The smallest absolute Gasteiger partial charge is 0.0897 e. The fraction of sp³-hybridized carbons (Fsp3) is 1.00. The first-order chi connectivity index (χ1) is 9.74. The van der Waals surface area contributed by atoms with E-state index in [-0.39, 0.29) is 6.10 Å². The molecule has 0 aromatic rings. The third kappa shape index (κ3) is 6.56. The molecule has 0 aromatic heterocycles. The Morgan fingerprint density at radius 1 is 1.35 bits per heavy atom. The first-order valence-corrected chi connectivity index (χ1v) is 10.1. The minimum Gasteiger partial charge on any atom is -0.389 e. The Kier molecular flexibility index (Phi) is 8.10. The van der Waals surface area contributed by atoms with E-state index in [9.17, 15) is 5.11 Å². The van der Waals surface area contributed by atoms with Gasteiger partial charge < -0.3 is 15.2 Å². The quantitative estimate of drug-likeness (QED) is 0.754. The van der Waals surface area contributed by atoms with Gasteiger partial charge in [-0.3, -0.25) is 0 Å². The van der Waals surface area contributed by atoms with Crippen LogP contribution in [0.5, 0.6) is 0 Å². The van der Waals surface area contributed by atoms with Crippen molar-refractivity contribution in [3.8, 4) is 0 Å². The van der Waals surface area contributed by atoms with Crippen LogP contribution in [0.2, 0.25) is 0 Å². The third-order valence-electron chi connectivity index (χ3n) is 4.05. The molecule has 2 N–H and O–H groups in total.